The minimum Gasteiger partial charge on any atom is -0.322 e. The van der Waals surface area contributed by atoms with Gasteiger partial charge in [0.1, 0.15) is 0 Å². The first-order valence-electron chi connectivity index (χ1n) is 5.46. The van der Waals surface area contributed by atoms with Gasteiger partial charge in [0, 0.05) is 11.8 Å². The monoisotopic (exact) mass is 215 g/mol. The van der Waals surface area contributed by atoms with E-state index in [1.54, 1.807) is 6.08 Å². The second kappa shape index (κ2) is 6.62. The molecule has 1 amide bonds. The molecule has 1 N–H and O–H groups in total. The van der Waals surface area contributed by atoms with Crippen molar-refractivity contribution in [3.05, 3.63) is 54.1 Å². The summed E-state index contributed by atoms with van der Waals surface area (Å²) < 4.78 is 0. The van der Waals surface area contributed by atoms with Crippen LogP contribution in [0.2, 0.25) is 0 Å². The molecule has 0 aliphatic heterocycles. The summed E-state index contributed by atoms with van der Waals surface area (Å²) in [5.41, 5.74) is 2.04. The second-order valence-corrected chi connectivity index (χ2v) is 3.38. The number of allylic oxidation sites excluding steroid dienone is 3. The predicted octanol–water partition coefficient (Wildman–Crippen LogP) is 3.32. The molecule has 0 fully saturated rings. The number of para-hydroxylation sites is 1. The fourth-order valence-corrected chi connectivity index (χ4v) is 1.38. The molecule has 16 heavy (non-hydrogen) atoms. The van der Waals surface area contributed by atoms with E-state index in [4.69, 9.17) is 0 Å². The largest absolute Gasteiger partial charge is 0.322 e. The van der Waals surface area contributed by atoms with E-state index in [9.17, 15) is 4.79 Å². The van der Waals surface area contributed by atoms with Crippen LogP contribution in [0.1, 0.15) is 19.4 Å². The Morgan fingerprint density at radius 1 is 1.31 bits per heavy atom. The molecule has 0 heterocycles. The molecule has 0 bridgehead atoms. The van der Waals surface area contributed by atoms with Gasteiger partial charge in [0.05, 0.1) is 0 Å². The van der Waals surface area contributed by atoms with Crippen LogP contribution < -0.4 is 5.32 Å². The number of aryl methyl sites for hydroxylation is 1. The highest BCUT2D eigenvalue weighted by Crippen LogP contribution is 2.15. The van der Waals surface area contributed by atoms with Crippen molar-refractivity contribution in [2.75, 3.05) is 5.32 Å². The third-order valence-electron chi connectivity index (χ3n) is 2.21. The van der Waals surface area contributed by atoms with E-state index in [0.29, 0.717) is 0 Å². The van der Waals surface area contributed by atoms with Crippen LogP contribution in [0.25, 0.3) is 0 Å². The Morgan fingerprint density at radius 2 is 2.06 bits per heavy atom. The first kappa shape index (κ1) is 12.2. The Bertz CT molecular complexity index is 405. The summed E-state index contributed by atoms with van der Waals surface area (Å²) in [6.45, 7) is 3.98. The number of hydrogen-bond acceptors (Lipinski definition) is 1. The molecule has 0 aliphatic carbocycles. The van der Waals surface area contributed by atoms with Gasteiger partial charge in [-0.05, 0) is 25.0 Å². The summed E-state index contributed by atoms with van der Waals surface area (Å²) in [6.07, 6.45) is 7.86. The number of carbonyl (C=O) groups excluding carboxylic acids is 1. The Balaban J connectivity index is 2.69. The Hall–Kier alpha value is -1.83. The van der Waals surface area contributed by atoms with E-state index < -0.39 is 0 Å². The Morgan fingerprint density at radius 3 is 2.75 bits per heavy atom. The molecule has 84 valence electrons. The van der Waals surface area contributed by atoms with Crippen LogP contribution in [0.15, 0.2) is 48.6 Å². The predicted molar refractivity (Wildman–Crippen MR) is 68.4 cm³/mol. The Kier molecular flexibility index (Phi) is 5.06. The molecule has 2 heteroatoms. The van der Waals surface area contributed by atoms with Crippen molar-refractivity contribution in [3.63, 3.8) is 0 Å². The summed E-state index contributed by atoms with van der Waals surface area (Å²) in [5, 5.41) is 2.86. The normalized spacial score (nSPS) is 11.1. The number of nitrogens with one attached hydrogen (secondary N) is 1. The fraction of sp³-hybridized carbons (Fsp3) is 0.214. The number of benzene rings is 1. The standard InChI is InChI=1S/C14H17NO/c1-3-5-6-11-14(16)15-13-10-8-7-9-12(13)4-2/h3,5-11H,4H2,1-2H3,(H,15,16)/b5-3+,11-6+. The molecule has 0 saturated carbocycles. The maximum absolute atomic E-state index is 11.5. The van der Waals surface area contributed by atoms with E-state index in [2.05, 4.69) is 12.2 Å². The van der Waals surface area contributed by atoms with Crippen LogP contribution in [0.4, 0.5) is 5.69 Å². The lowest BCUT2D eigenvalue weighted by molar-refractivity contribution is -0.111. The summed E-state index contributed by atoms with van der Waals surface area (Å²) in [6, 6.07) is 7.83. The number of rotatable bonds is 4. The SMILES string of the molecule is C/C=C/C=C/C(=O)Nc1ccccc1CC. The maximum Gasteiger partial charge on any atom is 0.248 e. The molecular weight excluding hydrogens is 198 g/mol. The van der Waals surface area contributed by atoms with Crippen LogP contribution in [0.3, 0.4) is 0 Å². The number of amides is 1. The van der Waals surface area contributed by atoms with Crippen molar-refractivity contribution in [2.45, 2.75) is 20.3 Å². The van der Waals surface area contributed by atoms with E-state index in [-0.39, 0.29) is 5.91 Å². The van der Waals surface area contributed by atoms with Crippen LogP contribution >= 0.6 is 0 Å². The molecule has 0 aliphatic rings. The van der Waals surface area contributed by atoms with Crippen molar-refractivity contribution in [3.8, 4) is 0 Å². The lowest BCUT2D eigenvalue weighted by Gasteiger charge is -2.07. The smallest absolute Gasteiger partial charge is 0.248 e. The zero-order chi connectivity index (χ0) is 11.8. The number of hydrogen-bond donors (Lipinski definition) is 1. The van der Waals surface area contributed by atoms with E-state index in [1.165, 1.54) is 6.08 Å². The molecular formula is C14H17NO. The second-order valence-electron chi connectivity index (χ2n) is 3.38. The van der Waals surface area contributed by atoms with Crippen molar-refractivity contribution in [2.24, 2.45) is 0 Å². The first-order valence-corrected chi connectivity index (χ1v) is 5.46. The van der Waals surface area contributed by atoms with E-state index in [0.717, 1.165) is 17.7 Å². The Labute approximate surface area is 96.7 Å². The summed E-state index contributed by atoms with van der Waals surface area (Å²) in [5.74, 6) is -0.0981. The molecule has 1 aromatic rings. The molecule has 0 spiro atoms. The van der Waals surface area contributed by atoms with Crippen LogP contribution in [-0.4, -0.2) is 5.91 Å². The molecule has 0 saturated heterocycles. The highest BCUT2D eigenvalue weighted by Gasteiger charge is 2.01. The third-order valence-corrected chi connectivity index (χ3v) is 2.21. The quantitative estimate of drug-likeness (QED) is 0.606. The zero-order valence-electron chi connectivity index (χ0n) is 9.73. The zero-order valence-corrected chi connectivity index (χ0v) is 9.73. The van der Waals surface area contributed by atoms with Gasteiger partial charge < -0.3 is 5.32 Å². The van der Waals surface area contributed by atoms with E-state index in [1.807, 2.05) is 43.3 Å². The molecule has 0 atom stereocenters. The van der Waals surface area contributed by atoms with Crippen LogP contribution in [0, 0.1) is 0 Å². The van der Waals surface area contributed by atoms with Gasteiger partial charge in [-0.1, -0.05) is 43.4 Å². The number of anilines is 1. The van der Waals surface area contributed by atoms with Crippen LogP contribution in [0.5, 0.6) is 0 Å². The van der Waals surface area contributed by atoms with Gasteiger partial charge in [-0.15, -0.1) is 0 Å². The molecule has 2 nitrogen and oxygen atoms in total. The van der Waals surface area contributed by atoms with Gasteiger partial charge in [0.15, 0.2) is 0 Å². The van der Waals surface area contributed by atoms with Gasteiger partial charge in [-0.2, -0.15) is 0 Å². The third kappa shape index (κ3) is 3.73. The average Bonchev–Trinajstić information content (AvgIpc) is 2.30. The van der Waals surface area contributed by atoms with E-state index >= 15 is 0 Å². The fourth-order valence-electron chi connectivity index (χ4n) is 1.38. The lowest BCUT2D eigenvalue weighted by atomic mass is 10.1. The van der Waals surface area contributed by atoms with Gasteiger partial charge in [0.2, 0.25) is 5.91 Å². The summed E-state index contributed by atoms with van der Waals surface area (Å²) >= 11 is 0. The van der Waals surface area contributed by atoms with Crippen molar-refractivity contribution >= 4 is 11.6 Å². The first-order chi connectivity index (χ1) is 7.77. The van der Waals surface area contributed by atoms with Gasteiger partial charge in [-0.25, -0.2) is 0 Å². The highest BCUT2D eigenvalue weighted by molar-refractivity contribution is 5.99. The van der Waals surface area contributed by atoms with Gasteiger partial charge >= 0.3 is 0 Å². The summed E-state index contributed by atoms with van der Waals surface area (Å²) in [4.78, 5) is 11.5. The molecule has 0 aromatic heterocycles. The topological polar surface area (TPSA) is 29.1 Å². The van der Waals surface area contributed by atoms with Gasteiger partial charge in [0.25, 0.3) is 0 Å². The molecule has 0 unspecified atom stereocenters. The molecule has 1 aromatic carbocycles. The minimum atomic E-state index is -0.0981. The highest BCUT2D eigenvalue weighted by atomic mass is 16.1. The number of carbonyl (C=O) groups is 1. The van der Waals surface area contributed by atoms with Gasteiger partial charge in [-0.3, -0.25) is 4.79 Å². The average molecular weight is 215 g/mol. The van der Waals surface area contributed by atoms with Crippen molar-refractivity contribution in [1.29, 1.82) is 0 Å². The van der Waals surface area contributed by atoms with Crippen LogP contribution in [-0.2, 0) is 11.2 Å². The minimum absolute atomic E-state index is 0.0981. The molecule has 1 rings (SSSR count). The molecule has 0 radical (unpaired) electrons. The lowest BCUT2D eigenvalue weighted by Crippen LogP contribution is -2.09. The maximum atomic E-state index is 11.5. The van der Waals surface area contributed by atoms with Crippen molar-refractivity contribution < 1.29 is 4.79 Å². The summed E-state index contributed by atoms with van der Waals surface area (Å²) in [7, 11) is 0. The van der Waals surface area contributed by atoms with Crippen molar-refractivity contribution in [1.82, 2.24) is 0 Å².